The summed E-state index contributed by atoms with van der Waals surface area (Å²) in [5, 5.41) is 3.23. The molecular weight excluding hydrogens is 299 g/mol. The summed E-state index contributed by atoms with van der Waals surface area (Å²) < 4.78 is 38.1. The Labute approximate surface area is 126 Å². The highest BCUT2D eigenvalue weighted by Crippen LogP contribution is 2.34. The standard InChI is InChI=1S/C16H15ClF3N/c1-10-3-4-12(7-11(10)2)9-21-15-8-13(16(18,19)20)5-6-14(15)17/h3-8,21H,9H2,1-2H3. The van der Waals surface area contributed by atoms with Crippen molar-refractivity contribution in [2.45, 2.75) is 26.6 Å². The summed E-state index contributed by atoms with van der Waals surface area (Å²) in [6.45, 7) is 4.43. The summed E-state index contributed by atoms with van der Waals surface area (Å²) in [5.41, 5.74) is 2.88. The van der Waals surface area contributed by atoms with Crippen molar-refractivity contribution < 1.29 is 13.2 Å². The van der Waals surface area contributed by atoms with Crippen LogP contribution in [-0.2, 0) is 12.7 Å². The third-order valence-electron chi connectivity index (χ3n) is 3.35. The molecule has 0 atom stereocenters. The highest BCUT2D eigenvalue weighted by atomic mass is 35.5. The molecule has 0 saturated carbocycles. The van der Waals surface area contributed by atoms with E-state index >= 15 is 0 Å². The van der Waals surface area contributed by atoms with Crippen LogP contribution in [0.5, 0.6) is 0 Å². The average molecular weight is 314 g/mol. The van der Waals surface area contributed by atoms with Crippen LogP contribution < -0.4 is 5.32 Å². The lowest BCUT2D eigenvalue weighted by Crippen LogP contribution is -2.07. The first kappa shape index (κ1) is 15.7. The van der Waals surface area contributed by atoms with Crippen molar-refractivity contribution in [3.05, 3.63) is 63.7 Å². The van der Waals surface area contributed by atoms with Gasteiger partial charge in [0.2, 0.25) is 0 Å². The molecule has 0 aliphatic heterocycles. The fraction of sp³-hybridized carbons (Fsp3) is 0.250. The Balaban J connectivity index is 2.17. The van der Waals surface area contributed by atoms with E-state index in [4.69, 9.17) is 11.6 Å². The summed E-state index contributed by atoms with van der Waals surface area (Å²) in [6.07, 6.45) is -4.37. The summed E-state index contributed by atoms with van der Waals surface area (Å²) in [4.78, 5) is 0. The molecule has 0 fully saturated rings. The van der Waals surface area contributed by atoms with Gasteiger partial charge in [-0.2, -0.15) is 13.2 Å². The van der Waals surface area contributed by atoms with Gasteiger partial charge in [-0.3, -0.25) is 0 Å². The normalized spacial score (nSPS) is 11.5. The Morgan fingerprint density at radius 1 is 1.00 bits per heavy atom. The van der Waals surface area contributed by atoms with Crippen molar-refractivity contribution in [2.24, 2.45) is 0 Å². The van der Waals surface area contributed by atoms with Gasteiger partial charge in [-0.1, -0.05) is 29.8 Å². The number of aryl methyl sites for hydroxylation is 2. The Morgan fingerprint density at radius 2 is 1.71 bits per heavy atom. The van der Waals surface area contributed by atoms with Crippen molar-refractivity contribution in [1.29, 1.82) is 0 Å². The monoisotopic (exact) mass is 313 g/mol. The van der Waals surface area contributed by atoms with E-state index in [0.717, 1.165) is 23.3 Å². The molecule has 21 heavy (non-hydrogen) atoms. The molecular formula is C16H15ClF3N. The van der Waals surface area contributed by atoms with Gasteiger partial charge < -0.3 is 5.32 Å². The number of rotatable bonds is 3. The van der Waals surface area contributed by atoms with Crippen molar-refractivity contribution in [3.8, 4) is 0 Å². The van der Waals surface area contributed by atoms with Gasteiger partial charge in [-0.05, 0) is 48.7 Å². The first-order valence-corrected chi connectivity index (χ1v) is 6.82. The molecule has 2 aromatic carbocycles. The van der Waals surface area contributed by atoms with E-state index in [1.807, 2.05) is 32.0 Å². The van der Waals surface area contributed by atoms with E-state index < -0.39 is 11.7 Å². The molecule has 0 aliphatic carbocycles. The lowest BCUT2D eigenvalue weighted by Gasteiger charge is -2.13. The number of benzene rings is 2. The Bertz CT molecular complexity index is 650. The van der Waals surface area contributed by atoms with Gasteiger partial charge in [-0.25, -0.2) is 0 Å². The van der Waals surface area contributed by atoms with Crippen molar-refractivity contribution >= 4 is 17.3 Å². The molecule has 0 heterocycles. The van der Waals surface area contributed by atoms with E-state index in [-0.39, 0.29) is 10.7 Å². The number of anilines is 1. The molecule has 0 aromatic heterocycles. The summed E-state index contributed by atoms with van der Waals surface area (Å²) in [7, 11) is 0. The van der Waals surface area contributed by atoms with E-state index in [0.29, 0.717) is 6.54 Å². The molecule has 2 rings (SSSR count). The van der Waals surface area contributed by atoms with Crippen LogP contribution in [0.3, 0.4) is 0 Å². The SMILES string of the molecule is Cc1ccc(CNc2cc(C(F)(F)F)ccc2Cl)cc1C. The zero-order valence-electron chi connectivity index (χ0n) is 11.7. The lowest BCUT2D eigenvalue weighted by atomic mass is 10.1. The zero-order chi connectivity index (χ0) is 15.6. The van der Waals surface area contributed by atoms with Gasteiger partial charge in [-0.15, -0.1) is 0 Å². The topological polar surface area (TPSA) is 12.0 Å². The van der Waals surface area contributed by atoms with E-state index in [2.05, 4.69) is 5.32 Å². The molecule has 0 unspecified atom stereocenters. The predicted octanol–water partition coefficient (Wildman–Crippen LogP) is 5.59. The molecule has 0 spiro atoms. The quantitative estimate of drug-likeness (QED) is 0.779. The van der Waals surface area contributed by atoms with Gasteiger partial charge in [0.15, 0.2) is 0 Å². The number of nitrogens with one attached hydrogen (secondary N) is 1. The molecule has 0 amide bonds. The molecule has 1 N–H and O–H groups in total. The van der Waals surface area contributed by atoms with Crippen molar-refractivity contribution in [1.82, 2.24) is 0 Å². The maximum absolute atomic E-state index is 12.7. The maximum atomic E-state index is 12.7. The second-order valence-corrected chi connectivity index (χ2v) is 5.37. The number of alkyl halides is 3. The van der Waals surface area contributed by atoms with Gasteiger partial charge in [0, 0.05) is 6.54 Å². The van der Waals surface area contributed by atoms with Crippen LogP contribution in [0.25, 0.3) is 0 Å². The minimum Gasteiger partial charge on any atom is -0.380 e. The van der Waals surface area contributed by atoms with Crippen molar-refractivity contribution in [2.75, 3.05) is 5.32 Å². The third kappa shape index (κ3) is 3.91. The molecule has 112 valence electrons. The molecule has 0 radical (unpaired) electrons. The van der Waals surface area contributed by atoms with Crippen LogP contribution in [0.1, 0.15) is 22.3 Å². The molecule has 1 nitrogen and oxygen atoms in total. The van der Waals surface area contributed by atoms with E-state index in [1.54, 1.807) is 0 Å². The van der Waals surface area contributed by atoms with Crippen LogP contribution in [0.15, 0.2) is 36.4 Å². The second kappa shape index (κ2) is 5.98. The highest BCUT2D eigenvalue weighted by molar-refractivity contribution is 6.33. The van der Waals surface area contributed by atoms with Gasteiger partial charge in [0.05, 0.1) is 16.3 Å². The van der Waals surface area contributed by atoms with Crippen LogP contribution in [0.4, 0.5) is 18.9 Å². The third-order valence-corrected chi connectivity index (χ3v) is 3.68. The Kier molecular flexibility index (Phi) is 4.47. The first-order chi connectivity index (χ1) is 9.77. The first-order valence-electron chi connectivity index (χ1n) is 6.44. The van der Waals surface area contributed by atoms with Gasteiger partial charge in [0.25, 0.3) is 0 Å². The predicted molar refractivity (Wildman–Crippen MR) is 79.7 cm³/mol. The second-order valence-electron chi connectivity index (χ2n) is 4.96. The van der Waals surface area contributed by atoms with Crippen molar-refractivity contribution in [3.63, 3.8) is 0 Å². The van der Waals surface area contributed by atoms with E-state index in [1.165, 1.54) is 11.6 Å². The number of hydrogen-bond donors (Lipinski definition) is 1. The fourth-order valence-electron chi connectivity index (χ4n) is 1.95. The fourth-order valence-corrected chi connectivity index (χ4v) is 2.13. The minimum atomic E-state index is -4.37. The average Bonchev–Trinajstić information content (AvgIpc) is 2.40. The number of hydrogen-bond acceptors (Lipinski definition) is 1. The van der Waals surface area contributed by atoms with Gasteiger partial charge in [0.1, 0.15) is 0 Å². The zero-order valence-corrected chi connectivity index (χ0v) is 12.4. The minimum absolute atomic E-state index is 0.270. The van der Waals surface area contributed by atoms with E-state index in [9.17, 15) is 13.2 Å². The summed E-state index contributed by atoms with van der Waals surface area (Å²) in [5.74, 6) is 0. The Morgan fingerprint density at radius 3 is 2.33 bits per heavy atom. The van der Waals surface area contributed by atoms with Crippen LogP contribution in [0, 0.1) is 13.8 Å². The van der Waals surface area contributed by atoms with Crippen LogP contribution in [-0.4, -0.2) is 0 Å². The van der Waals surface area contributed by atoms with Crippen LogP contribution in [0.2, 0.25) is 5.02 Å². The molecule has 2 aromatic rings. The summed E-state index contributed by atoms with van der Waals surface area (Å²) >= 11 is 5.94. The molecule has 0 saturated heterocycles. The number of halogens is 4. The lowest BCUT2D eigenvalue weighted by molar-refractivity contribution is -0.137. The molecule has 0 aliphatic rings. The summed E-state index contributed by atoms with van der Waals surface area (Å²) in [6, 6.07) is 9.20. The van der Waals surface area contributed by atoms with Crippen LogP contribution >= 0.6 is 11.6 Å². The largest absolute Gasteiger partial charge is 0.416 e. The molecule has 0 bridgehead atoms. The smallest absolute Gasteiger partial charge is 0.380 e. The Hall–Kier alpha value is -1.68. The molecule has 5 heteroatoms. The van der Waals surface area contributed by atoms with Gasteiger partial charge >= 0.3 is 6.18 Å². The highest BCUT2D eigenvalue weighted by Gasteiger charge is 2.30. The maximum Gasteiger partial charge on any atom is 0.416 e.